The van der Waals surface area contributed by atoms with E-state index in [9.17, 15) is 14.4 Å². The van der Waals surface area contributed by atoms with Crippen molar-refractivity contribution >= 4 is 34.3 Å². The number of furan rings is 1. The van der Waals surface area contributed by atoms with E-state index in [0.717, 1.165) is 21.4 Å². The van der Waals surface area contributed by atoms with Gasteiger partial charge in [0, 0.05) is 18.4 Å². The van der Waals surface area contributed by atoms with Crippen molar-refractivity contribution < 1.29 is 18.8 Å². The Labute approximate surface area is 161 Å². The van der Waals surface area contributed by atoms with Crippen molar-refractivity contribution in [2.24, 2.45) is 0 Å². The normalized spacial score (nSPS) is 16.4. The SMILES string of the molecule is O=C(C[C@H]1NC(=O)N(c2cccc3ccccc23)C1=O)NCCc1ccco1. The molecule has 0 aliphatic carbocycles. The lowest BCUT2D eigenvalue weighted by Crippen LogP contribution is -2.37. The highest BCUT2D eigenvalue weighted by molar-refractivity contribution is 6.24. The van der Waals surface area contributed by atoms with Gasteiger partial charge in [-0.15, -0.1) is 0 Å². The quantitative estimate of drug-likeness (QED) is 0.646. The zero-order valence-corrected chi connectivity index (χ0v) is 15.1. The van der Waals surface area contributed by atoms with Crippen LogP contribution in [0.2, 0.25) is 0 Å². The number of rotatable bonds is 6. The second-order valence-corrected chi connectivity index (χ2v) is 6.56. The number of hydrogen-bond acceptors (Lipinski definition) is 4. The van der Waals surface area contributed by atoms with Crippen LogP contribution in [0.3, 0.4) is 0 Å². The molecule has 0 saturated carbocycles. The third kappa shape index (κ3) is 3.46. The Kier molecular flexibility index (Phi) is 4.80. The number of imide groups is 1. The molecule has 0 radical (unpaired) electrons. The maximum atomic E-state index is 12.8. The third-order valence-electron chi connectivity index (χ3n) is 4.69. The van der Waals surface area contributed by atoms with E-state index in [0.29, 0.717) is 18.7 Å². The monoisotopic (exact) mass is 377 g/mol. The summed E-state index contributed by atoms with van der Waals surface area (Å²) in [5, 5.41) is 7.09. The van der Waals surface area contributed by atoms with Gasteiger partial charge in [-0.05, 0) is 23.6 Å². The van der Waals surface area contributed by atoms with Gasteiger partial charge < -0.3 is 15.1 Å². The van der Waals surface area contributed by atoms with Crippen LogP contribution in [0.5, 0.6) is 0 Å². The molecule has 1 saturated heterocycles. The number of hydrogen-bond donors (Lipinski definition) is 2. The average molecular weight is 377 g/mol. The van der Waals surface area contributed by atoms with Gasteiger partial charge in [0.15, 0.2) is 0 Å². The molecule has 7 nitrogen and oxygen atoms in total. The smallest absolute Gasteiger partial charge is 0.329 e. The Bertz CT molecular complexity index is 1020. The fraction of sp³-hybridized carbons (Fsp3) is 0.190. The van der Waals surface area contributed by atoms with Crippen LogP contribution in [0.15, 0.2) is 65.3 Å². The number of carbonyl (C=O) groups excluding carboxylic acids is 3. The standard InChI is InChI=1S/C21H19N3O4/c25-19(22-11-10-15-7-4-12-28-15)13-17-20(26)24(21(27)23-17)18-9-3-6-14-5-1-2-8-16(14)18/h1-9,12,17H,10-11,13H2,(H,22,25)(H,23,27)/t17-/m1/s1. The van der Waals surface area contributed by atoms with Crippen molar-refractivity contribution in [1.29, 1.82) is 0 Å². The van der Waals surface area contributed by atoms with Crippen LogP contribution in [0.4, 0.5) is 10.5 Å². The fourth-order valence-corrected chi connectivity index (χ4v) is 3.34. The summed E-state index contributed by atoms with van der Waals surface area (Å²) in [6.07, 6.45) is 2.03. The largest absolute Gasteiger partial charge is 0.469 e. The Morgan fingerprint density at radius 1 is 1.07 bits per heavy atom. The molecule has 28 heavy (non-hydrogen) atoms. The van der Waals surface area contributed by atoms with Crippen LogP contribution in [0, 0.1) is 0 Å². The highest BCUT2D eigenvalue weighted by Crippen LogP contribution is 2.29. The van der Waals surface area contributed by atoms with Crippen LogP contribution >= 0.6 is 0 Å². The van der Waals surface area contributed by atoms with Crippen LogP contribution in [0.25, 0.3) is 10.8 Å². The Balaban J connectivity index is 1.43. The maximum Gasteiger partial charge on any atom is 0.329 e. The number of amides is 4. The molecule has 2 N–H and O–H groups in total. The highest BCUT2D eigenvalue weighted by atomic mass is 16.3. The zero-order chi connectivity index (χ0) is 19.5. The van der Waals surface area contributed by atoms with E-state index in [-0.39, 0.29) is 12.3 Å². The molecule has 1 aliphatic heterocycles. The van der Waals surface area contributed by atoms with Gasteiger partial charge in [0.2, 0.25) is 5.91 Å². The van der Waals surface area contributed by atoms with Crippen molar-refractivity contribution in [3.05, 3.63) is 66.6 Å². The molecule has 0 unspecified atom stereocenters. The lowest BCUT2D eigenvalue weighted by Gasteiger charge is -2.15. The molecule has 1 fully saturated rings. The molecule has 7 heteroatoms. The van der Waals surface area contributed by atoms with Crippen molar-refractivity contribution in [3.63, 3.8) is 0 Å². The fourth-order valence-electron chi connectivity index (χ4n) is 3.34. The first-order valence-electron chi connectivity index (χ1n) is 9.05. The van der Waals surface area contributed by atoms with E-state index in [1.807, 2.05) is 36.4 Å². The number of anilines is 1. The molecular weight excluding hydrogens is 358 g/mol. The van der Waals surface area contributed by atoms with Crippen molar-refractivity contribution in [3.8, 4) is 0 Å². The van der Waals surface area contributed by atoms with Crippen molar-refractivity contribution in [1.82, 2.24) is 10.6 Å². The number of nitrogens with one attached hydrogen (secondary N) is 2. The molecule has 3 aromatic rings. The van der Waals surface area contributed by atoms with Crippen LogP contribution in [0.1, 0.15) is 12.2 Å². The van der Waals surface area contributed by atoms with E-state index in [4.69, 9.17) is 4.42 Å². The molecule has 1 aliphatic rings. The molecule has 0 bridgehead atoms. The molecule has 4 rings (SSSR count). The highest BCUT2D eigenvalue weighted by Gasteiger charge is 2.40. The van der Waals surface area contributed by atoms with Gasteiger partial charge in [-0.3, -0.25) is 9.59 Å². The van der Waals surface area contributed by atoms with Gasteiger partial charge in [-0.25, -0.2) is 9.69 Å². The molecule has 142 valence electrons. The first kappa shape index (κ1) is 17.8. The second kappa shape index (κ2) is 7.56. The molecule has 1 atom stereocenters. The molecule has 2 heterocycles. The number of fused-ring (bicyclic) bond motifs is 1. The topological polar surface area (TPSA) is 91.7 Å². The molecule has 4 amide bonds. The van der Waals surface area contributed by atoms with Gasteiger partial charge in [-0.1, -0.05) is 36.4 Å². The van der Waals surface area contributed by atoms with E-state index >= 15 is 0 Å². The van der Waals surface area contributed by atoms with Crippen molar-refractivity contribution in [2.45, 2.75) is 18.9 Å². The summed E-state index contributed by atoms with van der Waals surface area (Å²) in [7, 11) is 0. The number of nitrogens with zero attached hydrogens (tertiary/aromatic N) is 1. The summed E-state index contributed by atoms with van der Waals surface area (Å²) in [5.74, 6) is 0.0418. The van der Waals surface area contributed by atoms with Gasteiger partial charge in [0.25, 0.3) is 5.91 Å². The maximum absolute atomic E-state index is 12.8. The first-order valence-corrected chi connectivity index (χ1v) is 9.05. The summed E-state index contributed by atoms with van der Waals surface area (Å²) in [6.45, 7) is 0.397. The minimum Gasteiger partial charge on any atom is -0.469 e. The van der Waals surface area contributed by atoms with Crippen LogP contribution in [-0.4, -0.2) is 30.4 Å². The van der Waals surface area contributed by atoms with Gasteiger partial charge >= 0.3 is 6.03 Å². The lowest BCUT2D eigenvalue weighted by molar-refractivity contribution is -0.125. The Morgan fingerprint density at radius 2 is 1.89 bits per heavy atom. The zero-order valence-electron chi connectivity index (χ0n) is 15.1. The van der Waals surface area contributed by atoms with E-state index in [1.165, 1.54) is 0 Å². The summed E-state index contributed by atoms with van der Waals surface area (Å²) in [4.78, 5) is 38.5. The minimum absolute atomic E-state index is 0.107. The third-order valence-corrected chi connectivity index (χ3v) is 4.69. The van der Waals surface area contributed by atoms with E-state index < -0.39 is 18.0 Å². The van der Waals surface area contributed by atoms with E-state index in [1.54, 1.807) is 24.5 Å². The first-order chi connectivity index (χ1) is 13.6. The van der Waals surface area contributed by atoms with E-state index in [2.05, 4.69) is 10.6 Å². The van der Waals surface area contributed by atoms with Crippen molar-refractivity contribution in [2.75, 3.05) is 11.4 Å². The minimum atomic E-state index is -0.880. The predicted octanol–water partition coefficient (Wildman–Crippen LogP) is 2.61. The van der Waals surface area contributed by atoms with Crippen LogP contribution in [-0.2, 0) is 16.0 Å². The number of urea groups is 1. The second-order valence-electron chi connectivity index (χ2n) is 6.56. The Morgan fingerprint density at radius 3 is 2.71 bits per heavy atom. The van der Waals surface area contributed by atoms with Crippen LogP contribution < -0.4 is 15.5 Å². The molecule has 2 aromatic carbocycles. The molecule has 1 aromatic heterocycles. The number of benzene rings is 2. The van der Waals surface area contributed by atoms with Gasteiger partial charge in [-0.2, -0.15) is 0 Å². The number of carbonyl (C=O) groups is 3. The summed E-state index contributed by atoms with van der Waals surface area (Å²) in [6, 6.07) is 15.2. The van der Waals surface area contributed by atoms with Gasteiger partial charge in [0.05, 0.1) is 18.4 Å². The summed E-state index contributed by atoms with van der Waals surface area (Å²) in [5.41, 5.74) is 0.515. The Hall–Kier alpha value is -3.61. The average Bonchev–Trinajstić information content (AvgIpc) is 3.30. The summed E-state index contributed by atoms with van der Waals surface area (Å²) >= 11 is 0. The molecule has 0 spiro atoms. The van der Waals surface area contributed by atoms with Gasteiger partial charge in [0.1, 0.15) is 11.8 Å². The predicted molar refractivity (Wildman–Crippen MR) is 104 cm³/mol. The summed E-state index contributed by atoms with van der Waals surface area (Å²) < 4.78 is 5.21. The lowest BCUT2D eigenvalue weighted by atomic mass is 10.1. The molecular formula is C21H19N3O4.